The van der Waals surface area contributed by atoms with Crippen LogP contribution in [0.1, 0.15) is 35.7 Å². The molecular weight excluding hydrogens is 432 g/mol. The molecule has 168 valence electrons. The number of hydrogen-bond donors (Lipinski definition) is 1. The molecule has 3 aromatic rings. The number of benzene rings is 2. The summed E-state index contributed by atoms with van der Waals surface area (Å²) in [4.78, 5) is 12.6. The van der Waals surface area contributed by atoms with Gasteiger partial charge in [-0.1, -0.05) is 35.4 Å². The molecule has 2 heterocycles. The maximum Gasteiger partial charge on any atom is 0.322 e. The van der Waals surface area contributed by atoms with E-state index in [9.17, 15) is 13.2 Å². The number of sulfonamides is 1. The van der Waals surface area contributed by atoms with Gasteiger partial charge in [-0.3, -0.25) is 10.1 Å². The van der Waals surface area contributed by atoms with Gasteiger partial charge in [-0.05, 0) is 43.7 Å². The molecule has 0 unspecified atom stereocenters. The number of ether oxygens (including phenoxy) is 1. The van der Waals surface area contributed by atoms with Crippen molar-refractivity contribution in [2.24, 2.45) is 0 Å². The Balaban J connectivity index is 1.41. The van der Waals surface area contributed by atoms with E-state index in [4.69, 9.17) is 9.15 Å². The van der Waals surface area contributed by atoms with Crippen LogP contribution in [0, 0.1) is 0 Å². The summed E-state index contributed by atoms with van der Waals surface area (Å²) in [5.41, 5.74) is 1.28. The van der Waals surface area contributed by atoms with Crippen LogP contribution in [0.5, 0.6) is 0 Å². The molecule has 0 radical (unpaired) electrons. The number of hydrogen-bond acceptors (Lipinski definition) is 7. The van der Waals surface area contributed by atoms with Crippen molar-refractivity contribution in [2.45, 2.75) is 37.4 Å². The Morgan fingerprint density at radius 3 is 2.34 bits per heavy atom. The third-order valence-electron chi connectivity index (χ3n) is 5.03. The fourth-order valence-electron chi connectivity index (χ4n) is 3.57. The molecule has 0 bridgehead atoms. The minimum absolute atomic E-state index is 0.0195. The molecule has 1 aliphatic rings. The monoisotopic (exact) mass is 456 g/mol. The second-order valence-electron chi connectivity index (χ2n) is 7.72. The van der Waals surface area contributed by atoms with Crippen molar-refractivity contribution < 1.29 is 22.4 Å². The molecule has 2 atom stereocenters. The highest BCUT2D eigenvalue weighted by Crippen LogP contribution is 2.22. The van der Waals surface area contributed by atoms with Crippen LogP contribution in [0.4, 0.5) is 6.01 Å². The maximum absolute atomic E-state index is 12.9. The average Bonchev–Trinajstić information content (AvgIpc) is 3.20. The molecule has 0 saturated carbocycles. The minimum Gasteiger partial charge on any atom is -0.407 e. The third-order valence-corrected chi connectivity index (χ3v) is 6.87. The molecule has 10 heteroatoms. The van der Waals surface area contributed by atoms with Gasteiger partial charge >= 0.3 is 6.01 Å². The second-order valence-corrected chi connectivity index (χ2v) is 9.66. The zero-order valence-corrected chi connectivity index (χ0v) is 18.6. The van der Waals surface area contributed by atoms with E-state index in [0.717, 1.165) is 5.56 Å². The topological polar surface area (TPSA) is 115 Å². The molecule has 9 nitrogen and oxygen atoms in total. The highest BCUT2D eigenvalue weighted by molar-refractivity contribution is 7.89. The standard InChI is InChI=1S/C22H24N4O5S/c1-15-13-26(14-16(2)30-15)32(28,29)19-10-8-18(9-11-19)21(27)23-22-25-24-20(31-22)12-17-6-4-3-5-7-17/h3-11,15-16H,12-14H2,1-2H3,(H,23,25,27)/t15-,16+. The summed E-state index contributed by atoms with van der Waals surface area (Å²) in [6, 6.07) is 15.4. The van der Waals surface area contributed by atoms with Crippen LogP contribution < -0.4 is 5.32 Å². The van der Waals surface area contributed by atoms with Gasteiger partial charge in [-0.2, -0.15) is 4.31 Å². The lowest BCUT2D eigenvalue weighted by atomic mass is 10.2. The number of carbonyl (C=O) groups is 1. The van der Waals surface area contributed by atoms with Gasteiger partial charge in [-0.15, -0.1) is 5.10 Å². The second kappa shape index (κ2) is 9.19. The number of nitrogens with zero attached hydrogens (tertiary/aromatic N) is 3. The summed E-state index contributed by atoms with van der Waals surface area (Å²) in [7, 11) is -3.67. The molecule has 1 aromatic heterocycles. The Morgan fingerprint density at radius 1 is 1.03 bits per heavy atom. The molecule has 0 aliphatic carbocycles. The Hall–Kier alpha value is -3.08. The summed E-state index contributed by atoms with van der Waals surface area (Å²) in [5.74, 6) is -0.0978. The first-order chi connectivity index (χ1) is 15.3. The van der Waals surface area contributed by atoms with Gasteiger partial charge in [0.25, 0.3) is 5.91 Å². The van der Waals surface area contributed by atoms with Gasteiger partial charge in [0.15, 0.2) is 0 Å². The smallest absolute Gasteiger partial charge is 0.322 e. The van der Waals surface area contributed by atoms with Crippen molar-refractivity contribution in [3.63, 3.8) is 0 Å². The van der Waals surface area contributed by atoms with Crippen molar-refractivity contribution in [3.05, 3.63) is 71.6 Å². The van der Waals surface area contributed by atoms with Crippen LogP contribution in [-0.4, -0.2) is 54.1 Å². The van der Waals surface area contributed by atoms with E-state index in [-0.39, 0.29) is 41.8 Å². The molecule has 1 N–H and O–H groups in total. The Labute approximate surface area is 186 Å². The van der Waals surface area contributed by atoms with Gasteiger partial charge in [0, 0.05) is 18.7 Å². The SMILES string of the molecule is C[C@@H]1CN(S(=O)(=O)c2ccc(C(=O)Nc3nnc(Cc4ccccc4)o3)cc2)C[C@H](C)O1. The molecule has 1 saturated heterocycles. The van der Waals surface area contributed by atoms with Crippen LogP contribution in [-0.2, 0) is 21.2 Å². The number of nitrogens with one attached hydrogen (secondary N) is 1. The highest BCUT2D eigenvalue weighted by Gasteiger charge is 2.32. The largest absolute Gasteiger partial charge is 0.407 e. The number of morpholine rings is 1. The number of anilines is 1. The van der Waals surface area contributed by atoms with Crippen LogP contribution in [0.25, 0.3) is 0 Å². The first-order valence-corrected chi connectivity index (χ1v) is 11.7. The van der Waals surface area contributed by atoms with Crippen molar-refractivity contribution in [1.29, 1.82) is 0 Å². The average molecular weight is 457 g/mol. The summed E-state index contributed by atoms with van der Waals surface area (Å²) in [6.45, 7) is 4.26. The van der Waals surface area contributed by atoms with Crippen molar-refractivity contribution in [1.82, 2.24) is 14.5 Å². The summed E-state index contributed by atoms with van der Waals surface area (Å²) >= 11 is 0. The normalized spacial score (nSPS) is 19.6. The van der Waals surface area contributed by atoms with E-state index < -0.39 is 15.9 Å². The number of rotatable bonds is 6. The molecule has 32 heavy (non-hydrogen) atoms. The van der Waals surface area contributed by atoms with E-state index in [2.05, 4.69) is 15.5 Å². The molecule has 1 amide bonds. The Bertz CT molecular complexity index is 1170. The first-order valence-electron chi connectivity index (χ1n) is 10.2. The predicted molar refractivity (Wildman–Crippen MR) is 117 cm³/mol. The van der Waals surface area contributed by atoms with Gasteiger partial charge in [0.1, 0.15) is 0 Å². The van der Waals surface area contributed by atoms with Crippen molar-refractivity contribution >= 4 is 21.9 Å². The molecule has 2 aromatic carbocycles. The van der Waals surface area contributed by atoms with E-state index in [1.807, 2.05) is 44.2 Å². The van der Waals surface area contributed by atoms with E-state index in [1.54, 1.807) is 0 Å². The molecule has 1 fully saturated rings. The van der Waals surface area contributed by atoms with Crippen molar-refractivity contribution in [2.75, 3.05) is 18.4 Å². The van der Waals surface area contributed by atoms with Crippen LogP contribution in [0.3, 0.4) is 0 Å². The Morgan fingerprint density at radius 2 is 1.69 bits per heavy atom. The molecular formula is C22H24N4O5S. The maximum atomic E-state index is 12.9. The first kappa shape index (κ1) is 22.1. The number of aromatic nitrogens is 2. The van der Waals surface area contributed by atoms with E-state index in [1.165, 1.54) is 28.6 Å². The lowest BCUT2D eigenvalue weighted by molar-refractivity contribution is -0.0440. The summed E-state index contributed by atoms with van der Waals surface area (Å²) in [5, 5.41) is 10.3. The Kier molecular flexibility index (Phi) is 6.35. The van der Waals surface area contributed by atoms with E-state index in [0.29, 0.717) is 12.3 Å². The van der Waals surface area contributed by atoms with Gasteiger partial charge in [0.05, 0.1) is 23.5 Å². The number of carbonyl (C=O) groups excluding carboxylic acids is 1. The lowest BCUT2D eigenvalue weighted by Crippen LogP contribution is -2.48. The van der Waals surface area contributed by atoms with Gasteiger partial charge in [-0.25, -0.2) is 8.42 Å². The molecule has 0 spiro atoms. The van der Waals surface area contributed by atoms with Crippen LogP contribution >= 0.6 is 0 Å². The zero-order chi connectivity index (χ0) is 22.7. The fraction of sp³-hybridized carbons (Fsp3) is 0.318. The zero-order valence-electron chi connectivity index (χ0n) is 17.8. The van der Waals surface area contributed by atoms with Gasteiger partial charge < -0.3 is 9.15 Å². The van der Waals surface area contributed by atoms with Crippen LogP contribution in [0.2, 0.25) is 0 Å². The minimum atomic E-state index is -3.67. The third kappa shape index (κ3) is 5.04. The quantitative estimate of drug-likeness (QED) is 0.606. The van der Waals surface area contributed by atoms with Crippen molar-refractivity contribution in [3.8, 4) is 0 Å². The molecule has 1 aliphatic heterocycles. The highest BCUT2D eigenvalue weighted by atomic mass is 32.2. The predicted octanol–water partition coefficient (Wildman–Crippen LogP) is 2.71. The number of amides is 1. The van der Waals surface area contributed by atoms with Crippen LogP contribution in [0.15, 0.2) is 63.9 Å². The molecule has 4 rings (SSSR count). The fourth-order valence-corrected chi connectivity index (χ4v) is 5.16. The lowest BCUT2D eigenvalue weighted by Gasteiger charge is -2.34. The summed E-state index contributed by atoms with van der Waals surface area (Å²) < 4.78 is 38.4. The summed E-state index contributed by atoms with van der Waals surface area (Å²) in [6.07, 6.45) is 0.0919. The van der Waals surface area contributed by atoms with Gasteiger partial charge in [0.2, 0.25) is 15.9 Å². The van der Waals surface area contributed by atoms with E-state index >= 15 is 0 Å².